The van der Waals surface area contributed by atoms with Gasteiger partial charge in [-0.2, -0.15) is 0 Å². The van der Waals surface area contributed by atoms with Gasteiger partial charge in [-0.25, -0.2) is 4.21 Å². The molecule has 0 fully saturated rings. The number of aryl methyl sites for hydroxylation is 1. The number of benzene rings is 1. The van der Waals surface area contributed by atoms with Crippen molar-refractivity contribution < 1.29 is 9.32 Å². The summed E-state index contributed by atoms with van der Waals surface area (Å²) >= 11 is 0. The Labute approximate surface area is 138 Å². The van der Waals surface area contributed by atoms with E-state index < -0.39 is 22.3 Å². The number of aliphatic hydroxyl groups is 1. The van der Waals surface area contributed by atoms with E-state index in [0.29, 0.717) is 11.3 Å². The minimum absolute atomic E-state index is 0.458. The van der Waals surface area contributed by atoms with Crippen molar-refractivity contribution in [2.75, 3.05) is 0 Å². The Hall–Kier alpha value is -0.930. The second-order valence-electron chi connectivity index (χ2n) is 6.04. The quantitative estimate of drug-likeness (QED) is 0.696. The predicted molar refractivity (Wildman–Crippen MR) is 95.3 cm³/mol. The zero-order valence-electron chi connectivity index (χ0n) is 14.4. The lowest BCUT2D eigenvalue weighted by atomic mass is 9.74. The van der Waals surface area contributed by atoms with Gasteiger partial charge in [-0.05, 0) is 38.3 Å². The molecule has 1 unspecified atom stereocenters. The molecule has 22 heavy (non-hydrogen) atoms. The lowest BCUT2D eigenvalue weighted by Gasteiger charge is -2.38. The van der Waals surface area contributed by atoms with E-state index in [4.69, 9.17) is 0 Å². The lowest BCUT2D eigenvalue weighted by molar-refractivity contribution is 0.0417. The van der Waals surface area contributed by atoms with Gasteiger partial charge in [-0.1, -0.05) is 57.9 Å². The average Bonchev–Trinajstić information content (AvgIpc) is 2.55. The molecule has 0 saturated carbocycles. The van der Waals surface area contributed by atoms with Crippen LogP contribution >= 0.6 is 0 Å². The van der Waals surface area contributed by atoms with Crippen LogP contribution < -0.4 is 0 Å². The monoisotopic (exact) mass is 322 g/mol. The van der Waals surface area contributed by atoms with Crippen LogP contribution in [0.15, 0.2) is 40.6 Å². The van der Waals surface area contributed by atoms with E-state index in [1.165, 1.54) is 0 Å². The summed E-state index contributed by atoms with van der Waals surface area (Å²) in [6, 6.07) is 7.73. The molecule has 1 aromatic carbocycles. The van der Waals surface area contributed by atoms with Crippen molar-refractivity contribution in [3.63, 3.8) is 0 Å². The Balaban J connectivity index is 3.14. The fraction of sp³-hybridized carbons (Fsp3) is 0.579. The van der Waals surface area contributed by atoms with Crippen LogP contribution in [0.1, 0.15) is 58.4 Å². The lowest BCUT2D eigenvalue weighted by Crippen LogP contribution is -2.37. The van der Waals surface area contributed by atoms with Gasteiger partial charge >= 0.3 is 0 Å². The van der Waals surface area contributed by atoms with E-state index in [9.17, 15) is 9.32 Å². The number of hydrogen-bond acceptors (Lipinski definition) is 2. The van der Waals surface area contributed by atoms with Crippen LogP contribution in [0, 0.1) is 12.3 Å². The highest BCUT2D eigenvalue weighted by molar-refractivity contribution is 7.89. The molecule has 3 heteroatoms. The van der Waals surface area contributed by atoms with Crippen LogP contribution in [0.2, 0.25) is 0 Å². The average molecular weight is 323 g/mol. The summed E-state index contributed by atoms with van der Waals surface area (Å²) in [5, 5.41) is 10.6. The molecule has 0 spiro atoms. The minimum atomic E-state index is -1.29. The zero-order chi connectivity index (χ0) is 16.8. The second-order valence-corrected chi connectivity index (χ2v) is 7.54. The molecule has 0 radical (unpaired) electrons. The van der Waals surface area contributed by atoms with E-state index in [0.717, 1.165) is 36.1 Å². The summed E-state index contributed by atoms with van der Waals surface area (Å²) < 4.78 is 12.9. The first-order valence-corrected chi connectivity index (χ1v) is 9.43. The fourth-order valence-electron chi connectivity index (χ4n) is 2.97. The molecule has 0 bridgehead atoms. The van der Waals surface area contributed by atoms with E-state index in [1.807, 2.05) is 38.1 Å². The van der Waals surface area contributed by atoms with E-state index >= 15 is 0 Å². The molecule has 1 rings (SSSR count). The molecule has 0 aliphatic carbocycles. The van der Waals surface area contributed by atoms with Gasteiger partial charge in [0.1, 0.15) is 0 Å². The van der Waals surface area contributed by atoms with Gasteiger partial charge in [0.25, 0.3) is 0 Å². The topological polar surface area (TPSA) is 37.3 Å². The third kappa shape index (κ3) is 4.08. The molecule has 0 aliphatic heterocycles. The molecule has 0 heterocycles. The third-order valence-electron chi connectivity index (χ3n) is 4.65. The van der Waals surface area contributed by atoms with Crippen molar-refractivity contribution in [2.45, 2.75) is 70.8 Å². The number of unbranched alkanes of at least 4 members (excludes halogenated alkanes) is 1. The first-order chi connectivity index (χ1) is 10.4. The third-order valence-corrected chi connectivity index (χ3v) is 6.20. The Kier molecular flexibility index (Phi) is 7.51. The van der Waals surface area contributed by atoms with Crippen LogP contribution in [-0.2, 0) is 10.8 Å². The van der Waals surface area contributed by atoms with E-state index in [2.05, 4.69) is 20.4 Å². The predicted octanol–water partition coefficient (Wildman–Crippen LogP) is 4.97. The summed E-state index contributed by atoms with van der Waals surface area (Å²) in [4.78, 5) is 1.44. The van der Waals surface area contributed by atoms with Crippen molar-refractivity contribution in [1.82, 2.24) is 0 Å². The molecule has 0 aromatic heterocycles. The molecule has 124 valence electrons. The highest BCUT2D eigenvalue weighted by Gasteiger charge is 2.40. The fourth-order valence-corrected chi connectivity index (χ4v) is 4.39. The Morgan fingerprint density at radius 1 is 1.27 bits per heavy atom. The molecule has 0 saturated heterocycles. The van der Waals surface area contributed by atoms with Crippen LogP contribution in [-0.4, -0.2) is 15.4 Å². The zero-order valence-corrected chi connectivity index (χ0v) is 15.2. The maximum absolute atomic E-state index is 12.9. The Bertz CT molecular complexity index is 507. The molecule has 3 atom stereocenters. The molecular formula is C19H30O2S. The van der Waals surface area contributed by atoms with Crippen molar-refractivity contribution >= 4 is 10.8 Å². The standard InChI is InChI=1S/C19H30O2S/c1-6-9-14-19(8-3,18(20)7-2)16(5)22(21)17-12-10-15(4)11-13-17/h10-13,18,20H,5-9,14H2,1-4H3/t18-,19+,22?/m1/s1. The Morgan fingerprint density at radius 2 is 1.86 bits per heavy atom. The van der Waals surface area contributed by atoms with Crippen LogP contribution in [0.3, 0.4) is 0 Å². The summed E-state index contributed by atoms with van der Waals surface area (Å²) in [5.74, 6) is 0. The Morgan fingerprint density at radius 3 is 2.32 bits per heavy atom. The van der Waals surface area contributed by atoms with Gasteiger partial charge in [-0.15, -0.1) is 0 Å². The smallest absolute Gasteiger partial charge is 0.0809 e. The maximum atomic E-state index is 12.9. The summed E-state index contributed by atoms with van der Waals surface area (Å²) in [5.41, 5.74) is 0.688. The second kappa shape index (κ2) is 8.64. The van der Waals surface area contributed by atoms with Gasteiger partial charge < -0.3 is 5.11 Å². The largest absolute Gasteiger partial charge is 0.392 e. The van der Waals surface area contributed by atoms with Gasteiger partial charge in [0.05, 0.1) is 16.9 Å². The minimum Gasteiger partial charge on any atom is -0.392 e. The van der Waals surface area contributed by atoms with Crippen molar-refractivity contribution in [2.24, 2.45) is 5.41 Å². The van der Waals surface area contributed by atoms with Crippen LogP contribution in [0.5, 0.6) is 0 Å². The SMILES string of the molecule is C=C(S(=O)c1ccc(C)cc1)[C@](CC)(CCCC)[C@H](O)CC. The molecule has 0 amide bonds. The highest BCUT2D eigenvalue weighted by Crippen LogP contribution is 2.43. The van der Waals surface area contributed by atoms with Gasteiger partial charge in [0.2, 0.25) is 0 Å². The van der Waals surface area contributed by atoms with E-state index in [1.54, 1.807) is 0 Å². The van der Waals surface area contributed by atoms with Crippen molar-refractivity contribution in [3.8, 4) is 0 Å². The van der Waals surface area contributed by atoms with E-state index in [-0.39, 0.29) is 0 Å². The van der Waals surface area contributed by atoms with Crippen LogP contribution in [0.4, 0.5) is 0 Å². The normalized spacial score (nSPS) is 16.8. The molecular weight excluding hydrogens is 292 g/mol. The van der Waals surface area contributed by atoms with Gasteiger partial charge in [0, 0.05) is 15.2 Å². The summed E-state index contributed by atoms with van der Waals surface area (Å²) in [6.45, 7) is 12.3. The molecule has 2 nitrogen and oxygen atoms in total. The summed E-state index contributed by atoms with van der Waals surface area (Å²) in [7, 11) is -1.29. The number of hydrogen-bond donors (Lipinski definition) is 1. The van der Waals surface area contributed by atoms with Crippen molar-refractivity contribution in [1.29, 1.82) is 0 Å². The van der Waals surface area contributed by atoms with Gasteiger partial charge in [0.15, 0.2) is 0 Å². The van der Waals surface area contributed by atoms with Crippen LogP contribution in [0.25, 0.3) is 0 Å². The summed E-state index contributed by atoms with van der Waals surface area (Å²) in [6.07, 6.45) is 3.83. The first-order valence-electron chi connectivity index (χ1n) is 8.28. The van der Waals surface area contributed by atoms with Crippen molar-refractivity contribution in [3.05, 3.63) is 41.3 Å². The molecule has 1 N–H and O–H groups in total. The first kappa shape index (κ1) is 19.1. The highest BCUT2D eigenvalue weighted by atomic mass is 32.2. The molecule has 0 aliphatic rings. The van der Waals surface area contributed by atoms with Gasteiger partial charge in [-0.3, -0.25) is 0 Å². The molecule has 1 aromatic rings. The maximum Gasteiger partial charge on any atom is 0.0809 e. The number of rotatable bonds is 9. The number of aliphatic hydroxyl groups excluding tert-OH is 1.